The third kappa shape index (κ3) is 2.65. The van der Waals surface area contributed by atoms with Gasteiger partial charge in [0.15, 0.2) is 0 Å². The summed E-state index contributed by atoms with van der Waals surface area (Å²) in [6.45, 7) is 2.31. The van der Waals surface area contributed by atoms with Crippen molar-refractivity contribution in [3.05, 3.63) is 105 Å². The lowest BCUT2D eigenvalue weighted by Crippen LogP contribution is -2.18. The van der Waals surface area contributed by atoms with Crippen LogP contribution in [-0.4, -0.2) is 0 Å². The van der Waals surface area contributed by atoms with Gasteiger partial charge in [0.05, 0.1) is 0 Å². The van der Waals surface area contributed by atoms with E-state index >= 15 is 0 Å². The first kappa shape index (κ1) is 17.3. The van der Waals surface area contributed by atoms with Gasteiger partial charge in [-0.05, 0) is 108 Å². The van der Waals surface area contributed by atoms with E-state index in [0.29, 0.717) is 5.92 Å². The zero-order valence-electron chi connectivity index (χ0n) is 17.3. The molecule has 0 aromatic heterocycles. The molecule has 1 atom stereocenters. The van der Waals surface area contributed by atoms with Crippen molar-refractivity contribution < 1.29 is 0 Å². The van der Waals surface area contributed by atoms with Crippen LogP contribution in [0.3, 0.4) is 0 Å². The summed E-state index contributed by atoms with van der Waals surface area (Å²) in [6.07, 6.45) is 17.9. The van der Waals surface area contributed by atoms with Gasteiger partial charge in [0.1, 0.15) is 0 Å². The van der Waals surface area contributed by atoms with Crippen LogP contribution in [-0.2, 0) is 6.42 Å². The fourth-order valence-electron chi connectivity index (χ4n) is 6.13. The zero-order chi connectivity index (χ0) is 19.4. The molecule has 0 N–H and O–H groups in total. The number of rotatable bonds is 1. The maximum Gasteiger partial charge on any atom is 0.0142 e. The van der Waals surface area contributed by atoms with Gasteiger partial charge in [0.2, 0.25) is 0 Å². The summed E-state index contributed by atoms with van der Waals surface area (Å²) < 4.78 is 0. The first-order chi connectivity index (χ1) is 14.3. The van der Waals surface area contributed by atoms with E-state index in [1.807, 2.05) is 0 Å². The van der Waals surface area contributed by atoms with Crippen LogP contribution in [0.1, 0.15) is 77.8 Å². The predicted molar refractivity (Wildman–Crippen MR) is 123 cm³/mol. The Hall–Kier alpha value is -2.60. The van der Waals surface area contributed by atoms with Crippen molar-refractivity contribution in [2.45, 2.75) is 57.8 Å². The molecule has 0 spiro atoms. The van der Waals surface area contributed by atoms with Gasteiger partial charge in [-0.25, -0.2) is 0 Å². The predicted octanol–water partition coefficient (Wildman–Crippen LogP) is 7.68. The topological polar surface area (TPSA) is 0 Å². The lowest BCUT2D eigenvalue weighted by Gasteiger charge is -2.35. The second-order valence-corrected chi connectivity index (χ2v) is 9.06. The van der Waals surface area contributed by atoms with Gasteiger partial charge in [-0.2, -0.15) is 0 Å². The highest BCUT2D eigenvalue weighted by Gasteiger charge is 2.32. The Labute approximate surface area is 174 Å². The molecule has 0 radical (unpaired) electrons. The molecule has 0 aliphatic heterocycles. The lowest BCUT2D eigenvalue weighted by molar-refractivity contribution is 0.766. The van der Waals surface area contributed by atoms with Crippen molar-refractivity contribution in [1.82, 2.24) is 0 Å². The third-order valence-corrected chi connectivity index (χ3v) is 7.52. The Bertz CT molecular complexity index is 1130. The van der Waals surface area contributed by atoms with E-state index in [1.54, 1.807) is 44.5 Å². The number of hydrogen-bond donors (Lipinski definition) is 0. The van der Waals surface area contributed by atoms with Crippen LogP contribution in [0.25, 0.3) is 11.1 Å². The highest BCUT2D eigenvalue weighted by atomic mass is 14.4. The van der Waals surface area contributed by atoms with Crippen LogP contribution in [0, 0.1) is 6.92 Å². The van der Waals surface area contributed by atoms with Crippen molar-refractivity contribution in [2.24, 2.45) is 0 Å². The largest absolute Gasteiger partial charge is 0.0839 e. The molecule has 4 aliphatic carbocycles. The first-order valence-electron chi connectivity index (χ1n) is 11.3. The molecule has 6 rings (SSSR count). The minimum Gasteiger partial charge on any atom is -0.0839 e. The molecule has 0 bridgehead atoms. The monoisotopic (exact) mass is 376 g/mol. The molecule has 0 heterocycles. The molecular weight excluding hydrogens is 348 g/mol. The molecule has 2 aromatic carbocycles. The number of fused-ring (bicyclic) bond motifs is 4. The van der Waals surface area contributed by atoms with Crippen molar-refractivity contribution in [3.8, 4) is 0 Å². The maximum atomic E-state index is 2.46. The number of hydrogen-bond acceptors (Lipinski definition) is 0. The third-order valence-electron chi connectivity index (χ3n) is 7.52. The van der Waals surface area contributed by atoms with E-state index in [9.17, 15) is 0 Å². The lowest BCUT2D eigenvalue weighted by atomic mass is 9.69. The molecule has 0 fully saturated rings. The Balaban J connectivity index is 1.58. The van der Waals surface area contributed by atoms with Gasteiger partial charge in [0.25, 0.3) is 0 Å². The average molecular weight is 377 g/mol. The van der Waals surface area contributed by atoms with Gasteiger partial charge in [-0.3, -0.25) is 0 Å². The summed E-state index contributed by atoms with van der Waals surface area (Å²) in [4.78, 5) is 0. The highest BCUT2D eigenvalue weighted by molar-refractivity contribution is 5.82. The summed E-state index contributed by atoms with van der Waals surface area (Å²) in [7, 11) is 0. The summed E-state index contributed by atoms with van der Waals surface area (Å²) in [5, 5.41) is 0. The summed E-state index contributed by atoms with van der Waals surface area (Å²) in [5.41, 5.74) is 15.7. The first-order valence-corrected chi connectivity index (χ1v) is 11.3. The Kier molecular flexibility index (Phi) is 4.01. The van der Waals surface area contributed by atoms with Crippen LogP contribution in [0.2, 0.25) is 0 Å². The van der Waals surface area contributed by atoms with Crippen LogP contribution < -0.4 is 0 Å². The molecule has 0 nitrogen and oxygen atoms in total. The van der Waals surface area contributed by atoms with Gasteiger partial charge in [-0.15, -0.1) is 0 Å². The number of aryl methyl sites for hydroxylation is 1. The minimum atomic E-state index is 0.472. The van der Waals surface area contributed by atoms with Crippen molar-refractivity contribution in [3.63, 3.8) is 0 Å². The Morgan fingerprint density at radius 3 is 2.41 bits per heavy atom. The average Bonchev–Trinajstić information content (AvgIpc) is 2.79. The summed E-state index contributed by atoms with van der Waals surface area (Å²) >= 11 is 0. The van der Waals surface area contributed by atoms with Crippen molar-refractivity contribution >= 4 is 11.1 Å². The van der Waals surface area contributed by atoms with E-state index in [-0.39, 0.29) is 0 Å². The van der Waals surface area contributed by atoms with Crippen molar-refractivity contribution in [2.75, 3.05) is 0 Å². The normalized spacial score (nSPS) is 22.2. The Morgan fingerprint density at radius 1 is 0.724 bits per heavy atom. The van der Waals surface area contributed by atoms with Crippen molar-refractivity contribution in [1.29, 1.82) is 0 Å². The maximum absolute atomic E-state index is 2.46. The Morgan fingerprint density at radius 2 is 1.52 bits per heavy atom. The van der Waals surface area contributed by atoms with E-state index < -0.39 is 0 Å². The van der Waals surface area contributed by atoms with Gasteiger partial charge >= 0.3 is 0 Å². The van der Waals surface area contributed by atoms with Crippen LogP contribution in [0.15, 0.2) is 71.8 Å². The molecule has 0 amide bonds. The van der Waals surface area contributed by atoms with Gasteiger partial charge < -0.3 is 0 Å². The summed E-state index contributed by atoms with van der Waals surface area (Å²) in [5.74, 6) is 0.472. The number of benzene rings is 2. The smallest absolute Gasteiger partial charge is 0.0142 e. The zero-order valence-corrected chi connectivity index (χ0v) is 17.3. The molecule has 144 valence electrons. The molecule has 4 aliphatic rings. The molecule has 29 heavy (non-hydrogen) atoms. The van der Waals surface area contributed by atoms with E-state index in [4.69, 9.17) is 0 Å². The molecular formula is C29H28. The van der Waals surface area contributed by atoms with Gasteiger partial charge in [0, 0.05) is 5.92 Å². The second-order valence-electron chi connectivity index (χ2n) is 9.06. The molecule has 0 saturated heterocycles. The van der Waals surface area contributed by atoms with E-state index in [0.717, 1.165) is 6.42 Å². The number of allylic oxidation sites excluding steroid dienone is 8. The fraction of sp³-hybridized carbons (Fsp3) is 0.310. The van der Waals surface area contributed by atoms with E-state index in [1.165, 1.54) is 49.7 Å². The molecule has 1 unspecified atom stereocenters. The molecule has 0 saturated carbocycles. The molecule has 0 heteroatoms. The second kappa shape index (κ2) is 6.73. The van der Waals surface area contributed by atoms with Gasteiger partial charge in [-0.1, -0.05) is 60.7 Å². The van der Waals surface area contributed by atoms with E-state index in [2.05, 4.69) is 67.6 Å². The van der Waals surface area contributed by atoms with Crippen LogP contribution in [0.5, 0.6) is 0 Å². The minimum absolute atomic E-state index is 0.472. The SMILES string of the molecule is Cc1ccc(C2CC3=C(CCC=C3)c3ccccc32)c2c1CCC1=C2CCC=C1. The fourth-order valence-corrected chi connectivity index (χ4v) is 6.13. The highest BCUT2D eigenvalue weighted by Crippen LogP contribution is 2.49. The standard InChI is InChI=1S/C29H28/c1-19-14-16-27(29-22(19)17-15-20-8-2-5-11-24(20)29)28-18-21-9-3-4-10-23(21)25-12-6-7-13-26(25)28/h2-3,6-9,12-14,16,28H,4-5,10-11,15,17-18H2,1H3. The van der Waals surface area contributed by atoms with Crippen LogP contribution in [0.4, 0.5) is 0 Å². The molecule has 2 aromatic rings. The summed E-state index contributed by atoms with van der Waals surface area (Å²) in [6, 6.07) is 14.1. The van der Waals surface area contributed by atoms with Crippen LogP contribution >= 0.6 is 0 Å². The quantitative estimate of drug-likeness (QED) is 0.478.